The maximum atomic E-state index is 14.2. The highest BCUT2D eigenvalue weighted by Crippen LogP contribution is 2.54. The van der Waals surface area contributed by atoms with Crippen LogP contribution in [0.4, 0.5) is 10.3 Å². The van der Waals surface area contributed by atoms with Gasteiger partial charge < -0.3 is 4.90 Å². The van der Waals surface area contributed by atoms with Gasteiger partial charge in [-0.25, -0.2) is 14.4 Å². The Morgan fingerprint density at radius 3 is 2.77 bits per heavy atom. The molecular weight excluding hydrogens is 427 g/mol. The first kappa shape index (κ1) is 17.4. The predicted octanol–water partition coefficient (Wildman–Crippen LogP) is 2.97. The van der Waals surface area contributed by atoms with Crippen LogP contribution in [0.1, 0.15) is 22.3 Å². The molecule has 2 aromatic rings. The van der Waals surface area contributed by atoms with Crippen LogP contribution in [-0.2, 0) is 10.2 Å². The van der Waals surface area contributed by atoms with Gasteiger partial charge in [-0.2, -0.15) is 0 Å². The fraction of sp³-hybridized carbons (Fsp3) is 0.294. The highest BCUT2D eigenvalue weighted by Gasteiger charge is 2.61. The van der Waals surface area contributed by atoms with Crippen molar-refractivity contribution in [1.29, 1.82) is 0 Å². The van der Waals surface area contributed by atoms with Crippen LogP contribution in [0.25, 0.3) is 0 Å². The summed E-state index contributed by atoms with van der Waals surface area (Å²) in [5.74, 6) is -0.644. The molecule has 26 heavy (non-hydrogen) atoms. The number of amides is 2. The number of hydrogen-bond acceptors (Lipinski definition) is 4. The molecule has 134 valence electrons. The number of carbonyl (C=O) groups is 2. The molecule has 1 saturated carbocycles. The SMILES string of the molecule is O=C(CN1C[C@@]2(C[C@@H]2F)c2cc(Br)ccc2C1=O)Nc1ncc(Cl)cn1. The zero-order valence-electron chi connectivity index (χ0n) is 13.4. The average Bonchev–Trinajstić information content (AvgIpc) is 3.25. The first-order valence-electron chi connectivity index (χ1n) is 7.90. The molecule has 1 N–H and O–H groups in total. The van der Waals surface area contributed by atoms with E-state index in [2.05, 4.69) is 31.2 Å². The van der Waals surface area contributed by atoms with E-state index in [4.69, 9.17) is 11.6 Å². The number of aromatic nitrogens is 2. The third kappa shape index (κ3) is 2.97. The topological polar surface area (TPSA) is 75.2 Å². The van der Waals surface area contributed by atoms with Crippen LogP contribution in [-0.4, -0.2) is 45.9 Å². The van der Waals surface area contributed by atoms with Crippen molar-refractivity contribution in [2.45, 2.75) is 18.0 Å². The number of nitrogens with one attached hydrogen (secondary N) is 1. The molecule has 2 aliphatic rings. The Morgan fingerprint density at radius 2 is 2.12 bits per heavy atom. The Morgan fingerprint density at radius 1 is 1.42 bits per heavy atom. The van der Waals surface area contributed by atoms with E-state index >= 15 is 0 Å². The maximum Gasteiger partial charge on any atom is 0.254 e. The van der Waals surface area contributed by atoms with Crippen LogP contribution < -0.4 is 5.32 Å². The molecule has 4 rings (SSSR count). The minimum Gasteiger partial charge on any atom is -0.328 e. The first-order chi connectivity index (χ1) is 12.4. The van der Waals surface area contributed by atoms with E-state index < -0.39 is 17.5 Å². The van der Waals surface area contributed by atoms with E-state index in [-0.39, 0.29) is 24.9 Å². The highest BCUT2D eigenvalue weighted by atomic mass is 79.9. The minimum absolute atomic E-state index is 0.0951. The molecule has 2 amide bonds. The van der Waals surface area contributed by atoms with Crippen molar-refractivity contribution >= 4 is 45.3 Å². The smallest absolute Gasteiger partial charge is 0.254 e. The molecule has 0 radical (unpaired) electrons. The zero-order valence-corrected chi connectivity index (χ0v) is 15.7. The standard InChI is InChI=1S/C17H13BrClFN4O2/c18-9-1-2-11-12(3-9)17(4-13(17)20)8-24(15(11)26)7-14(25)23-16-21-5-10(19)6-22-16/h1-3,5-6,13H,4,7-8H2,(H,21,22,23,25)/t13-,17-/m0/s1. The lowest BCUT2D eigenvalue weighted by molar-refractivity contribution is -0.117. The van der Waals surface area contributed by atoms with E-state index in [1.165, 1.54) is 17.3 Å². The summed E-state index contributed by atoms with van der Waals surface area (Å²) in [6, 6.07) is 5.21. The van der Waals surface area contributed by atoms with Gasteiger partial charge in [0.1, 0.15) is 12.7 Å². The van der Waals surface area contributed by atoms with Crippen LogP contribution in [0.5, 0.6) is 0 Å². The molecule has 2 heterocycles. The van der Waals surface area contributed by atoms with Gasteiger partial charge >= 0.3 is 0 Å². The maximum absolute atomic E-state index is 14.2. The third-order valence-corrected chi connectivity index (χ3v) is 5.39. The number of hydrogen-bond donors (Lipinski definition) is 1. The van der Waals surface area contributed by atoms with Crippen molar-refractivity contribution < 1.29 is 14.0 Å². The summed E-state index contributed by atoms with van der Waals surface area (Å²) in [5, 5.41) is 2.86. The Labute approximate surface area is 161 Å². The lowest BCUT2D eigenvalue weighted by Crippen LogP contribution is -2.47. The number of fused-ring (bicyclic) bond motifs is 2. The van der Waals surface area contributed by atoms with E-state index in [9.17, 15) is 14.0 Å². The van der Waals surface area contributed by atoms with Gasteiger partial charge in [0.05, 0.1) is 17.4 Å². The van der Waals surface area contributed by atoms with Crippen LogP contribution in [0.3, 0.4) is 0 Å². The van der Waals surface area contributed by atoms with Gasteiger partial charge in [0, 0.05) is 22.0 Å². The molecule has 0 unspecified atom stereocenters. The van der Waals surface area contributed by atoms with Crippen LogP contribution >= 0.6 is 27.5 Å². The normalized spacial score (nSPS) is 23.7. The summed E-state index contributed by atoms with van der Waals surface area (Å²) in [6.45, 7) is -0.0276. The third-order valence-electron chi connectivity index (χ3n) is 4.70. The van der Waals surface area contributed by atoms with Crippen molar-refractivity contribution in [1.82, 2.24) is 14.9 Å². The van der Waals surface area contributed by atoms with Crippen molar-refractivity contribution in [2.75, 3.05) is 18.4 Å². The lowest BCUT2D eigenvalue weighted by Gasteiger charge is -2.34. The molecule has 1 aliphatic heterocycles. The second-order valence-corrected chi connectivity index (χ2v) is 7.80. The Kier molecular flexibility index (Phi) is 4.19. The van der Waals surface area contributed by atoms with Crippen LogP contribution in [0.2, 0.25) is 5.02 Å². The van der Waals surface area contributed by atoms with E-state index in [0.29, 0.717) is 22.6 Å². The average molecular weight is 440 g/mol. The number of halogens is 3. The molecule has 0 bridgehead atoms. The molecule has 1 aromatic heterocycles. The first-order valence-corrected chi connectivity index (χ1v) is 9.07. The lowest BCUT2D eigenvalue weighted by atomic mass is 9.86. The monoisotopic (exact) mass is 438 g/mol. The molecule has 0 saturated heterocycles. The summed E-state index contributed by atoms with van der Waals surface area (Å²) in [4.78, 5) is 34.2. The van der Waals surface area contributed by atoms with Gasteiger partial charge in [-0.1, -0.05) is 27.5 Å². The second kappa shape index (κ2) is 6.28. The predicted molar refractivity (Wildman–Crippen MR) is 96.9 cm³/mol. The van der Waals surface area contributed by atoms with E-state index in [1.54, 1.807) is 18.2 Å². The fourth-order valence-corrected chi connectivity index (χ4v) is 3.79. The van der Waals surface area contributed by atoms with Crippen molar-refractivity contribution in [3.63, 3.8) is 0 Å². The fourth-order valence-electron chi connectivity index (χ4n) is 3.33. The molecule has 1 spiro atoms. The summed E-state index contributed by atoms with van der Waals surface area (Å²) in [5.41, 5.74) is 0.432. The van der Waals surface area contributed by atoms with Crippen molar-refractivity contribution in [2.24, 2.45) is 0 Å². The molecule has 6 nitrogen and oxygen atoms in total. The summed E-state index contributed by atoms with van der Waals surface area (Å²) < 4.78 is 15.0. The number of anilines is 1. The van der Waals surface area contributed by atoms with Gasteiger partial charge in [-0.3, -0.25) is 14.9 Å². The van der Waals surface area contributed by atoms with Gasteiger partial charge in [0.2, 0.25) is 11.9 Å². The number of benzene rings is 1. The second-order valence-electron chi connectivity index (χ2n) is 6.45. The molecule has 2 atom stereocenters. The minimum atomic E-state index is -1.02. The van der Waals surface area contributed by atoms with Gasteiger partial charge in [-0.15, -0.1) is 0 Å². The van der Waals surface area contributed by atoms with Crippen LogP contribution in [0, 0.1) is 0 Å². The number of nitrogens with zero attached hydrogens (tertiary/aromatic N) is 3. The number of rotatable bonds is 3. The van der Waals surface area contributed by atoms with Crippen molar-refractivity contribution in [3.8, 4) is 0 Å². The van der Waals surface area contributed by atoms with Crippen molar-refractivity contribution in [3.05, 3.63) is 51.2 Å². The van der Waals surface area contributed by atoms with Gasteiger partial charge in [0.25, 0.3) is 5.91 Å². The molecule has 1 aromatic carbocycles. The quantitative estimate of drug-likeness (QED) is 0.798. The molecule has 1 aliphatic carbocycles. The van der Waals surface area contributed by atoms with Gasteiger partial charge in [-0.05, 0) is 30.2 Å². The summed E-state index contributed by atoms with van der Waals surface area (Å²) >= 11 is 9.08. The molecular formula is C17H13BrClFN4O2. The number of alkyl halides is 1. The summed E-state index contributed by atoms with van der Waals surface area (Å²) in [7, 11) is 0. The number of carbonyl (C=O) groups excluding carboxylic acids is 2. The largest absolute Gasteiger partial charge is 0.328 e. The van der Waals surface area contributed by atoms with E-state index in [1.807, 2.05) is 0 Å². The van der Waals surface area contributed by atoms with E-state index in [0.717, 1.165) is 4.47 Å². The summed E-state index contributed by atoms with van der Waals surface area (Å²) in [6.07, 6.45) is 2.05. The molecule has 1 fully saturated rings. The Bertz CT molecular complexity index is 910. The molecule has 9 heteroatoms. The Hall–Kier alpha value is -2.06. The van der Waals surface area contributed by atoms with Crippen LogP contribution in [0.15, 0.2) is 35.1 Å². The Balaban J connectivity index is 1.54. The van der Waals surface area contributed by atoms with Gasteiger partial charge in [0.15, 0.2) is 0 Å². The highest BCUT2D eigenvalue weighted by molar-refractivity contribution is 9.10. The zero-order chi connectivity index (χ0) is 18.5.